The van der Waals surface area contributed by atoms with Crippen molar-refractivity contribution in [2.75, 3.05) is 32.8 Å². The Balaban J connectivity index is 2.12. The van der Waals surface area contributed by atoms with E-state index < -0.39 is 0 Å². The summed E-state index contributed by atoms with van der Waals surface area (Å²) in [6.07, 6.45) is 0. The van der Waals surface area contributed by atoms with Gasteiger partial charge in [-0.05, 0) is 0 Å². The summed E-state index contributed by atoms with van der Waals surface area (Å²) >= 11 is 0. The van der Waals surface area contributed by atoms with E-state index in [-0.39, 0.29) is 0 Å². The largest absolute Gasteiger partial charge is 0.241 e. The Bertz CT molecular complexity index is 64.1. The fourth-order valence-corrected chi connectivity index (χ4v) is 1.35. The second kappa shape index (κ2) is 1.20. The zero-order valence-corrected chi connectivity index (χ0v) is 4.43. The van der Waals surface area contributed by atoms with E-state index in [2.05, 4.69) is 9.80 Å². The molecule has 0 saturated carbocycles. The van der Waals surface area contributed by atoms with E-state index in [1.165, 1.54) is 32.8 Å². The number of piperazine rings is 1. The second-order valence-electron chi connectivity index (χ2n) is 2.38. The fraction of sp³-hybridized carbons (Fsp3) is 1.00. The van der Waals surface area contributed by atoms with Crippen molar-refractivity contribution in [3.63, 3.8) is 0 Å². The van der Waals surface area contributed by atoms with E-state index in [4.69, 9.17) is 0 Å². The van der Waals surface area contributed by atoms with E-state index in [1.807, 2.05) is 0 Å². The smallest absolute Gasteiger partial charge is 0.179 e. The Morgan fingerprint density at radius 2 is 1.86 bits per heavy atom. The molecule has 39 valence electrons. The van der Waals surface area contributed by atoms with Gasteiger partial charge in [0.05, 0.1) is 13.1 Å². The Hall–Kier alpha value is -0.0800. The van der Waals surface area contributed by atoms with Crippen LogP contribution in [0.1, 0.15) is 0 Å². The highest BCUT2D eigenvalue weighted by Crippen LogP contribution is 2.07. The molecule has 2 nitrogen and oxygen atoms in total. The first-order chi connectivity index (χ1) is 3.45. The predicted molar refractivity (Wildman–Crippen MR) is 28.3 cm³/mol. The molecule has 1 radical (unpaired) electrons. The van der Waals surface area contributed by atoms with Crippen LogP contribution in [0.15, 0.2) is 0 Å². The van der Waals surface area contributed by atoms with Crippen molar-refractivity contribution in [1.29, 1.82) is 0 Å². The Morgan fingerprint density at radius 3 is 2.00 bits per heavy atom. The highest BCUT2D eigenvalue weighted by Gasteiger charge is 2.34. The van der Waals surface area contributed by atoms with Crippen LogP contribution in [0.4, 0.5) is 0 Å². The first kappa shape index (κ1) is 3.87. The Labute approximate surface area is 43.7 Å². The van der Waals surface area contributed by atoms with Gasteiger partial charge in [-0.25, -0.2) is 4.90 Å². The molecule has 2 aliphatic heterocycles. The van der Waals surface area contributed by atoms with Gasteiger partial charge in [-0.15, -0.1) is 0 Å². The molecule has 0 unspecified atom stereocenters. The average molecular weight is 98.1 g/mol. The molecule has 0 aromatic heterocycles. The summed E-state index contributed by atoms with van der Waals surface area (Å²) in [6.45, 7) is 6.53. The molecule has 0 aromatic rings. The molecule has 2 saturated heterocycles. The monoisotopic (exact) mass is 98.1 g/mol. The lowest BCUT2D eigenvalue weighted by Gasteiger charge is -2.01. The predicted octanol–water partition coefficient (Wildman–Crippen LogP) is -0.587. The summed E-state index contributed by atoms with van der Waals surface area (Å²) in [6, 6.07) is 0. The van der Waals surface area contributed by atoms with Crippen LogP contribution >= 0.6 is 0 Å². The summed E-state index contributed by atoms with van der Waals surface area (Å²) in [4.78, 5) is 4.97. The minimum absolute atomic E-state index is 1.25. The van der Waals surface area contributed by atoms with Crippen LogP contribution in [0.2, 0.25) is 0 Å². The highest BCUT2D eigenvalue weighted by molar-refractivity contribution is 4.83. The quantitative estimate of drug-likeness (QED) is 0.368. The van der Waals surface area contributed by atoms with Gasteiger partial charge < -0.3 is 0 Å². The number of hydrogen-bond acceptors (Lipinski definition) is 2. The molecule has 0 aliphatic carbocycles. The van der Waals surface area contributed by atoms with Gasteiger partial charge >= 0.3 is 0 Å². The van der Waals surface area contributed by atoms with Gasteiger partial charge in [0, 0.05) is 0 Å². The number of nitrogens with zero attached hydrogens (tertiary/aromatic N) is 2. The molecule has 2 heteroatoms. The van der Waals surface area contributed by atoms with Gasteiger partial charge in [0.25, 0.3) is 0 Å². The van der Waals surface area contributed by atoms with E-state index in [1.54, 1.807) is 0 Å². The van der Waals surface area contributed by atoms with Gasteiger partial charge in [0.2, 0.25) is 0 Å². The van der Waals surface area contributed by atoms with Crippen LogP contribution < -0.4 is 4.90 Å². The summed E-state index contributed by atoms with van der Waals surface area (Å²) in [7, 11) is 0. The van der Waals surface area contributed by atoms with Crippen molar-refractivity contribution >= 4 is 0 Å². The number of fused-ring (bicyclic) bond motifs is 2. The second-order valence-corrected chi connectivity index (χ2v) is 2.38. The molecule has 2 aliphatic rings. The maximum atomic E-state index is 2.49. The molecule has 0 aromatic carbocycles. The van der Waals surface area contributed by atoms with E-state index in [0.29, 0.717) is 0 Å². The Kier molecular flexibility index (Phi) is 0.664. The van der Waals surface area contributed by atoms with Gasteiger partial charge in [-0.2, -0.15) is 4.90 Å². The highest BCUT2D eigenvalue weighted by atomic mass is 15.4. The van der Waals surface area contributed by atoms with E-state index >= 15 is 0 Å². The molecule has 0 amide bonds. The lowest BCUT2D eigenvalue weighted by Crippen LogP contribution is -2.28. The molecule has 2 rings (SSSR count). The summed E-state index contributed by atoms with van der Waals surface area (Å²) in [5, 5.41) is 0. The van der Waals surface area contributed by atoms with Crippen LogP contribution in [0.25, 0.3) is 0 Å². The molecular weight excluding hydrogens is 88.1 g/mol. The van der Waals surface area contributed by atoms with Crippen molar-refractivity contribution < 1.29 is 0 Å². The number of hydrogen-bond donors (Lipinski definition) is 0. The molecule has 7 heavy (non-hydrogen) atoms. The van der Waals surface area contributed by atoms with Crippen molar-refractivity contribution in [2.45, 2.75) is 0 Å². The van der Waals surface area contributed by atoms with Crippen molar-refractivity contribution in [3.05, 3.63) is 0 Å². The lowest BCUT2D eigenvalue weighted by molar-refractivity contribution is 0.388. The summed E-state index contributed by atoms with van der Waals surface area (Å²) in [5.74, 6) is 0. The Morgan fingerprint density at radius 1 is 1.14 bits per heavy atom. The molecule has 0 spiro atoms. The van der Waals surface area contributed by atoms with Crippen LogP contribution in [-0.4, -0.2) is 37.7 Å². The standard InChI is InChI=1S/C5H10N2/c1-2-7-4-3-6(1)5-7/h1-5H2/q+1. The maximum Gasteiger partial charge on any atom is 0.179 e. The van der Waals surface area contributed by atoms with Gasteiger partial charge in [-0.1, -0.05) is 0 Å². The average Bonchev–Trinajstić information content (AvgIpc) is 2.22. The van der Waals surface area contributed by atoms with E-state index in [9.17, 15) is 0 Å². The molecule has 2 bridgehead atoms. The van der Waals surface area contributed by atoms with Gasteiger partial charge in [0.15, 0.2) is 6.67 Å². The first-order valence-corrected chi connectivity index (χ1v) is 2.90. The molecule has 2 heterocycles. The molecular formula is C5H10N2+. The summed E-state index contributed by atoms with van der Waals surface area (Å²) < 4.78 is 0. The minimum atomic E-state index is 1.25. The van der Waals surface area contributed by atoms with Crippen LogP contribution in [0.3, 0.4) is 0 Å². The maximum absolute atomic E-state index is 2.49. The minimum Gasteiger partial charge on any atom is -0.241 e. The third-order valence-electron chi connectivity index (χ3n) is 1.86. The third-order valence-corrected chi connectivity index (χ3v) is 1.86. The van der Waals surface area contributed by atoms with Crippen LogP contribution in [0.5, 0.6) is 0 Å². The molecule has 0 N–H and O–H groups in total. The lowest BCUT2D eigenvalue weighted by atomic mass is 10.4. The SMILES string of the molecule is C1C[N+]2CCN1C2. The normalized spacial score (nSPS) is 48.0. The van der Waals surface area contributed by atoms with Gasteiger partial charge in [0.1, 0.15) is 13.1 Å². The summed E-state index contributed by atoms with van der Waals surface area (Å²) in [5.41, 5.74) is 0. The first-order valence-electron chi connectivity index (χ1n) is 2.90. The topological polar surface area (TPSA) is 9.14 Å². The van der Waals surface area contributed by atoms with Crippen LogP contribution in [0, 0.1) is 0 Å². The van der Waals surface area contributed by atoms with Crippen molar-refractivity contribution in [2.24, 2.45) is 0 Å². The zero-order chi connectivity index (χ0) is 4.69. The molecule has 0 atom stereocenters. The fourth-order valence-electron chi connectivity index (χ4n) is 1.35. The number of rotatable bonds is 0. The van der Waals surface area contributed by atoms with Crippen molar-refractivity contribution in [1.82, 2.24) is 9.80 Å². The van der Waals surface area contributed by atoms with Crippen LogP contribution in [-0.2, 0) is 0 Å². The zero-order valence-electron chi connectivity index (χ0n) is 4.43. The third kappa shape index (κ3) is 0.469. The van der Waals surface area contributed by atoms with Crippen molar-refractivity contribution in [3.8, 4) is 0 Å². The molecule has 2 fully saturated rings. The van der Waals surface area contributed by atoms with Gasteiger partial charge in [-0.3, -0.25) is 0 Å². The van der Waals surface area contributed by atoms with E-state index in [0.717, 1.165) is 0 Å².